The minimum Gasteiger partial charge on any atom is -0.373 e. The Labute approximate surface area is 91.1 Å². The summed E-state index contributed by atoms with van der Waals surface area (Å²) in [6.07, 6.45) is 0.577. The molecule has 1 heterocycles. The predicted octanol–water partition coefficient (Wildman–Crippen LogP) is 1.35. The number of aliphatic imine (C=N–C) groups is 1. The van der Waals surface area contributed by atoms with Crippen molar-refractivity contribution in [3.05, 3.63) is 0 Å². The standard InChI is InChI=1S/C11H20N2O2/c1-6-7-10(14)13-9(12-7)8(15-5)11(2,3)4/h7-8H,6H2,1-5H3,(H,12,13,14). The molecule has 0 saturated heterocycles. The van der Waals surface area contributed by atoms with Crippen molar-refractivity contribution in [3.8, 4) is 0 Å². The van der Waals surface area contributed by atoms with Crippen LogP contribution in [0.3, 0.4) is 0 Å². The number of carbonyl (C=O) groups is 1. The van der Waals surface area contributed by atoms with Crippen molar-refractivity contribution < 1.29 is 9.53 Å². The lowest BCUT2D eigenvalue weighted by Crippen LogP contribution is -2.43. The molecule has 0 spiro atoms. The number of amidine groups is 1. The van der Waals surface area contributed by atoms with E-state index in [0.29, 0.717) is 5.84 Å². The van der Waals surface area contributed by atoms with E-state index in [1.54, 1.807) is 7.11 Å². The second-order valence-electron chi connectivity index (χ2n) is 4.91. The minimum absolute atomic E-state index is 0.0150. The van der Waals surface area contributed by atoms with Gasteiger partial charge in [-0.05, 0) is 11.8 Å². The van der Waals surface area contributed by atoms with E-state index in [1.807, 2.05) is 6.92 Å². The summed E-state index contributed by atoms with van der Waals surface area (Å²) in [6, 6.07) is -0.236. The molecule has 0 aliphatic carbocycles. The van der Waals surface area contributed by atoms with E-state index in [2.05, 4.69) is 31.1 Å². The molecule has 1 amide bonds. The Morgan fingerprint density at radius 3 is 2.47 bits per heavy atom. The number of ether oxygens (including phenoxy) is 1. The Morgan fingerprint density at radius 1 is 1.53 bits per heavy atom. The maximum Gasteiger partial charge on any atom is 0.250 e. The van der Waals surface area contributed by atoms with Gasteiger partial charge in [-0.1, -0.05) is 27.7 Å². The van der Waals surface area contributed by atoms with Gasteiger partial charge in [0.05, 0.1) is 0 Å². The quantitative estimate of drug-likeness (QED) is 0.767. The topological polar surface area (TPSA) is 50.7 Å². The van der Waals surface area contributed by atoms with E-state index in [1.165, 1.54) is 0 Å². The zero-order valence-electron chi connectivity index (χ0n) is 10.1. The fraction of sp³-hybridized carbons (Fsp3) is 0.818. The van der Waals surface area contributed by atoms with Gasteiger partial charge in [0.15, 0.2) is 0 Å². The maximum absolute atomic E-state index is 11.5. The second kappa shape index (κ2) is 4.31. The summed E-state index contributed by atoms with van der Waals surface area (Å²) in [5.41, 5.74) is -0.0660. The van der Waals surface area contributed by atoms with Crippen molar-refractivity contribution in [1.82, 2.24) is 5.32 Å². The number of nitrogens with one attached hydrogen (secondary N) is 1. The molecule has 4 heteroatoms. The van der Waals surface area contributed by atoms with Crippen LogP contribution in [0.2, 0.25) is 0 Å². The van der Waals surface area contributed by atoms with Crippen LogP contribution in [0.5, 0.6) is 0 Å². The van der Waals surface area contributed by atoms with E-state index in [4.69, 9.17) is 4.74 Å². The third kappa shape index (κ3) is 2.56. The lowest BCUT2D eigenvalue weighted by atomic mass is 9.88. The van der Waals surface area contributed by atoms with Crippen LogP contribution in [0.25, 0.3) is 0 Å². The Kier molecular flexibility index (Phi) is 3.50. The van der Waals surface area contributed by atoms with Crippen molar-refractivity contribution in [1.29, 1.82) is 0 Å². The van der Waals surface area contributed by atoms with Crippen LogP contribution < -0.4 is 5.32 Å². The van der Waals surface area contributed by atoms with Crippen molar-refractivity contribution in [2.45, 2.75) is 46.3 Å². The van der Waals surface area contributed by atoms with Crippen LogP contribution in [-0.2, 0) is 9.53 Å². The summed E-state index contributed by atoms with van der Waals surface area (Å²) >= 11 is 0. The van der Waals surface area contributed by atoms with E-state index in [9.17, 15) is 4.79 Å². The largest absolute Gasteiger partial charge is 0.373 e. The van der Waals surface area contributed by atoms with Crippen molar-refractivity contribution in [3.63, 3.8) is 0 Å². The van der Waals surface area contributed by atoms with Crippen LogP contribution in [-0.4, -0.2) is 31.0 Å². The SMILES string of the molecule is CCC1N=C(C(OC)C(C)(C)C)NC1=O. The number of rotatable bonds is 3. The molecule has 1 aliphatic rings. The van der Waals surface area contributed by atoms with Gasteiger partial charge in [0.25, 0.3) is 0 Å². The highest BCUT2D eigenvalue weighted by molar-refractivity contribution is 6.07. The van der Waals surface area contributed by atoms with Gasteiger partial charge in [0.1, 0.15) is 18.0 Å². The third-order valence-corrected chi connectivity index (χ3v) is 2.51. The summed E-state index contributed by atoms with van der Waals surface area (Å²) < 4.78 is 5.39. The van der Waals surface area contributed by atoms with Gasteiger partial charge in [-0.3, -0.25) is 9.79 Å². The van der Waals surface area contributed by atoms with Crippen LogP contribution in [0.1, 0.15) is 34.1 Å². The molecule has 15 heavy (non-hydrogen) atoms. The Bertz CT molecular complexity index is 279. The highest BCUT2D eigenvalue weighted by atomic mass is 16.5. The number of amides is 1. The first-order valence-electron chi connectivity index (χ1n) is 5.31. The van der Waals surface area contributed by atoms with Crippen LogP contribution >= 0.6 is 0 Å². The maximum atomic E-state index is 11.5. The van der Waals surface area contributed by atoms with Crippen LogP contribution in [0, 0.1) is 5.41 Å². The van der Waals surface area contributed by atoms with Gasteiger partial charge in [0, 0.05) is 7.11 Å². The van der Waals surface area contributed by atoms with Gasteiger partial charge >= 0.3 is 0 Å². The molecule has 1 rings (SSSR count). The number of methoxy groups -OCH3 is 1. The van der Waals surface area contributed by atoms with Gasteiger partial charge in [-0.15, -0.1) is 0 Å². The number of hydrogen-bond acceptors (Lipinski definition) is 3. The van der Waals surface area contributed by atoms with Gasteiger partial charge in [0.2, 0.25) is 5.91 Å². The molecule has 1 N–H and O–H groups in total. The fourth-order valence-electron chi connectivity index (χ4n) is 1.75. The summed E-state index contributed by atoms with van der Waals surface area (Å²) in [7, 11) is 1.64. The molecule has 0 radical (unpaired) electrons. The van der Waals surface area contributed by atoms with Crippen LogP contribution in [0.15, 0.2) is 4.99 Å². The molecule has 4 nitrogen and oxygen atoms in total. The number of carbonyl (C=O) groups excluding carboxylic acids is 1. The molecule has 2 unspecified atom stereocenters. The van der Waals surface area contributed by atoms with Gasteiger partial charge in [-0.25, -0.2) is 0 Å². The van der Waals surface area contributed by atoms with Gasteiger partial charge in [-0.2, -0.15) is 0 Å². The lowest BCUT2D eigenvalue weighted by Gasteiger charge is -2.28. The Hall–Kier alpha value is -0.900. The smallest absolute Gasteiger partial charge is 0.250 e. The van der Waals surface area contributed by atoms with E-state index < -0.39 is 0 Å². The van der Waals surface area contributed by atoms with Crippen molar-refractivity contribution >= 4 is 11.7 Å². The molecule has 0 saturated carbocycles. The molecule has 0 bridgehead atoms. The monoisotopic (exact) mass is 212 g/mol. The van der Waals surface area contributed by atoms with E-state index >= 15 is 0 Å². The number of hydrogen-bond donors (Lipinski definition) is 1. The first kappa shape index (κ1) is 12.2. The van der Waals surface area contributed by atoms with Crippen molar-refractivity contribution in [2.24, 2.45) is 10.4 Å². The second-order valence-corrected chi connectivity index (χ2v) is 4.91. The molecule has 2 atom stereocenters. The zero-order valence-corrected chi connectivity index (χ0v) is 10.1. The molecule has 0 aromatic carbocycles. The normalized spacial score (nSPS) is 23.7. The average molecular weight is 212 g/mol. The highest BCUT2D eigenvalue weighted by Gasteiger charge is 2.35. The third-order valence-electron chi connectivity index (χ3n) is 2.51. The molecule has 0 aromatic rings. The van der Waals surface area contributed by atoms with E-state index in [0.717, 1.165) is 6.42 Å². The van der Waals surface area contributed by atoms with Crippen LogP contribution in [0.4, 0.5) is 0 Å². The summed E-state index contributed by atoms with van der Waals surface area (Å²) in [4.78, 5) is 15.8. The highest BCUT2D eigenvalue weighted by Crippen LogP contribution is 2.24. The summed E-state index contributed by atoms with van der Waals surface area (Å²) in [6.45, 7) is 8.15. The first-order chi connectivity index (χ1) is 6.90. The molecule has 86 valence electrons. The Balaban J connectivity index is 2.84. The minimum atomic E-state index is -0.236. The summed E-state index contributed by atoms with van der Waals surface area (Å²) in [5.74, 6) is 0.653. The Morgan fingerprint density at radius 2 is 2.13 bits per heavy atom. The number of nitrogens with zero attached hydrogens (tertiary/aromatic N) is 1. The lowest BCUT2D eigenvalue weighted by molar-refractivity contribution is -0.120. The zero-order chi connectivity index (χ0) is 11.6. The average Bonchev–Trinajstić information content (AvgIpc) is 2.45. The summed E-state index contributed by atoms with van der Waals surface area (Å²) in [5, 5.41) is 2.80. The van der Waals surface area contributed by atoms with E-state index in [-0.39, 0.29) is 23.5 Å². The molecule has 0 aromatic heterocycles. The molecule has 1 aliphatic heterocycles. The molecular formula is C11H20N2O2. The first-order valence-corrected chi connectivity index (χ1v) is 5.31. The molecule has 0 fully saturated rings. The van der Waals surface area contributed by atoms with Gasteiger partial charge < -0.3 is 10.1 Å². The van der Waals surface area contributed by atoms with Crippen molar-refractivity contribution in [2.75, 3.05) is 7.11 Å². The predicted molar refractivity (Wildman–Crippen MR) is 59.9 cm³/mol. The fourth-order valence-corrected chi connectivity index (χ4v) is 1.75. The molecular weight excluding hydrogens is 192 g/mol.